The molecule has 1 aliphatic rings. The summed E-state index contributed by atoms with van der Waals surface area (Å²) < 4.78 is 5.09. The average molecular weight is 318 g/mol. The number of carbonyl (C=O) groups excluding carboxylic acids is 1. The van der Waals surface area contributed by atoms with Gasteiger partial charge in [-0.05, 0) is 41.8 Å². The first-order valence-electron chi connectivity index (χ1n) is 7.83. The third-order valence-corrected chi connectivity index (χ3v) is 4.19. The van der Waals surface area contributed by atoms with E-state index in [0.29, 0.717) is 11.3 Å². The first-order chi connectivity index (χ1) is 11.7. The Morgan fingerprint density at radius 2 is 1.88 bits per heavy atom. The molecule has 0 unspecified atom stereocenters. The minimum Gasteiger partial charge on any atom is -0.497 e. The van der Waals surface area contributed by atoms with Gasteiger partial charge in [0.15, 0.2) is 0 Å². The standard InChI is InChI=1S/C20H18N2O2/c1-24-19-8-6-16(7-9-19)20(23)18(12-21)14-22-11-10-15-4-2-3-5-17(15)13-22/h2-9,14H,10-11,13H2,1H3/b18-14+. The summed E-state index contributed by atoms with van der Waals surface area (Å²) in [6, 6.07) is 17.1. The zero-order chi connectivity index (χ0) is 16.9. The van der Waals surface area contributed by atoms with Crippen LogP contribution >= 0.6 is 0 Å². The molecule has 0 aromatic heterocycles. The number of hydrogen-bond donors (Lipinski definition) is 0. The van der Waals surface area contributed by atoms with Crippen LogP contribution in [-0.2, 0) is 13.0 Å². The van der Waals surface area contributed by atoms with Gasteiger partial charge in [-0.1, -0.05) is 24.3 Å². The van der Waals surface area contributed by atoms with Crippen molar-refractivity contribution in [3.63, 3.8) is 0 Å². The van der Waals surface area contributed by atoms with E-state index in [0.717, 1.165) is 19.5 Å². The SMILES string of the molecule is COc1ccc(C(=O)/C(C#N)=C/N2CCc3ccccc3C2)cc1. The summed E-state index contributed by atoms with van der Waals surface area (Å²) in [7, 11) is 1.58. The normalized spacial score (nSPS) is 13.8. The maximum atomic E-state index is 12.5. The highest BCUT2D eigenvalue weighted by atomic mass is 16.5. The van der Waals surface area contributed by atoms with Gasteiger partial charge in [0.05, 0.1) is 7.11 Å². The summed E-state index contributed by atoms with van der Waals surface area (Å²) >= 11 is 0. The number of nitrogens with zero attached hydrogens (tertiary/aromatic N) is 2. The molecule has 24 heavy (non-hydrogen) atoms. The summed E-state index contributed by atoms with van der Waals surface area (Å²) in [5.41, 5.74) is 3.22. The highest BCUT2D eigenvalue weighted by molar-refractivity contribution is 6.11. The predicted octanol–water partition coefficient (Wildman–Crippen LogP) is 3.34. The number of nitriles is 1. The number of hydrogen-bond acceptors (Lipinski definition) is 4. The van der Waals surface area contributed by atoms with Crippen molar-refractivity contribution in [3.05, 3.63) is 77.0 Å². The van der Waals surface area contributed by atoms with Gasteiger partial charge in [-0.25, -0.2) is 0 Å². The van der Waals surface area contributed by atoms with E-state index < -0.39 is 0 Å². The molecule has 4 heteroatoms. The third-order valence-electron chi connectivity index (χ3n) is 4.19. The molecule has 0 saturated carbocycles. The predicted molar refractivity (Wildman–Crippen MR) is 91.6 cm³/mol. The molecule has 2 aromatic carbocycles. The number of fused-ring (bicyclic) bond motifs is 1. The van der Waals surface area contributed by atoms with Gasteiger partial charge < -0.3 is 9.64 Å². The van der Waals surface area contributed by atoms with Crippen molar-refractivity contribution >= 4 is 5.78 Å². The minimum absolute atomic E-state index is 0.152. The largest absolute Gasteiger partial charge is 0.497 e. The van der Waals surface area contributed by atoms with Crippen LogP contribution in [0, 0.1) is 11.3 Å². The highest BCUT2D eigenvalue weighted by Crippen LogP contribution is 2.20. The number of ether oxygens (including phenoxy) is 1. The fraction of sp³-hybridized carbons (Fsp3) is 0.200. The fourth-order valence-electron chi connectivity index (χ4n) is 2.85. The molecule has 1 aliphatic heterocycles. The van der Waals surface area contributed by atoms with E-state index >= 15 is 0 Å². The molecule has 0 amide bonds. The number of benzene rings is 2. The fourth-order valence-corrected chi connectivity index (χ4v) is 2.85. The van der Waals surface area contributed by atoms with E-state index in [1.165, 1.54) is 11.1 Å². The molecule has 3 rings (SSSR count). The van der Waals surface area contributed by atoms with Crippen molar-refractivity contribution in [3.8, 4) is 11.8 Å². The number of ketones is 1. The lowest BCUT2D eigenvalue weighted by atomic mass is 9.99. The third kappa shape index (κ3) is 3.31. The quantitative estimate of drug-likeness (QED) is 0.493. The van der Waals surface area contributed by atoms with Crippen molar-refractivity contribution in [2.45, 2.75) is 13.0 Å². The second-order valence-electron chi connectivity index (χ2n) is 5.70. The van der Waals surface area contributed by atoms with Crippen molar-refractivity contribution in [2.75, 3.05) is 13.7 Å². The van der Waals surface area contributed by atoms with Crippen molar-refractivity contribution < 1.29 is 9.53 Å². The van der Waals surface area contributed by atoms with Crippen LogP contribution < -0.4 is 4.74 Å². The molecule has 0 aliphatic carbocycles. The Bertz CT molecular complexity index is 816. The van der Waals surface area contributed by atoms with Gasteiger partial charge in [0.25, 0.3) is 0 Å². The van der Waals surface area contributed by atoms with E-state index in [1.807, 2.05) is 23.1 Å². The van der Waals surface area contributed by atoms with Gasteiger partial charge in [0, 0.05) is 24.9 Å². The first kappa shape index (κ1) is 15.8. The lowest BCUT2D eigenvalue weighted by Crippen LogP contribution is -2.26. The zero-order valence-corrected chi connectivity index (χ0v) is 13.5. The van der Waals surface area contributed by atoms with Gasteiger partial charge in [0.1, 0.15) is 17.4 Å². The molecule has 4 nitrogen and oxygen atoms in total. The lowest BCUT2D eigenvalue weighted by Gasteiger charge is -2.27. The van der Waals surface area contributed by atoms with E-state index in [2.05, 4.69) is 12.1 Å². The summed E-state index contributed by atoms with van der Waals surface area (Å²) in [6.07, 6.45) is 2.60. The molecule has 0 bridgehead atoms. The molecular weight excluding hydrogens is 300 g/mol. The molecular formula is C20H18N2O2. The molecule has 0 N–H and O–H groups in total. The Labute approximate surface area is 141 Å². The molecule has 120 valence electrons. The second kappa shape index (κ2) is 7.01. The number of rotatable bonds is 4. The van der Waals surface area contributed by atoms with Gasteiger partial charge in [0.2, 0.25) is 5.78 Å². The lowest BCUT2D eigenvalue weighted by molar-refractivity contribution is 0.103. The first-order valence-corrected chi connectivity index (χ1v) is 7.83. The van der Waals surface area contributed by atoms with Crippen LogP contribution in [0.4, 0.5) is 0 Å². The Morgan fingerprint density at radius 3 is 2.54 bits per heavy atom. The monoisotopic (exact) mass is 318 g/mol. The Hall–Kier alpha value is -3.06. The highest BCUT2D eigenvalue weighted by Gasteiger charge is 2.17. The number of allylic oxidation sites excluding steroid dienone is 1. The van der Waals surface area contributed by atoms with Crippen LogP contribution in [0.1, 0.15) is 21.5 Å². The smallest absolute Gasteiger partial charge is 0.205 e. The minimum atomic E-state index is -0.265. The number of methoxy groups -OCH3 is 1. The van der Waals surface area contributed by atoms with Crippen LogP contribution in [0.15, 0.2) is 60.3 Å². The van der Waals surface area contributed by atoms with Crippen LogP contribution in [0.5, 0.6) is 5.75 Å². The van der Waals surface area contributed by atoms with Crippen molar-refractivity contribution in [1.82, 2.24) is 4.90 Å². The Balaban J connectivity index is 1.79. The molecule has 0 saturated heterocycles. The topological polar surface area (TPSA) is 53.3 Å². The van der Waals surface area contributed by atoms with Crippen LogP contribution in [-0.4, -0.2) is 24.3 Å². The Kier molecular flexibility index (Phi) is 4.62. The molecule has 0 radical (unpaired) electrons. The summed E-state index contributed by atoms with van der Waals surface area (Å²) in [6.45, 7) is 1.52. The van der Waals surface area contributed by atoms with Crippen LogP contribution in [0.3, 0.4) is 0 Å². The van der Waals surface area contributed by atoms with Crippen molar-refractivity contribution in [2.24, 2.45) is 0 Å². The number of carbonyl (C=O) groups is 1. The van der Waals surface area contributed by atoms with E-state index in [4.69, 9.17) is 4.74 Å². The maximum absolute atomic E-state index is 12.5. The molecule has 0 atom stereocenters. The second-order valence-corrected chi connectivity index (χ2v) is 5.70. The molecule has 1 heterocycles. The maximum Gasteiger partial charge on any atom is 0.205 e. The summed E-state index contributed by atoms with van der Waals surface area (Å²) in [4.78, 5) is 14.6. The average Bonchev–Trinajstić information content (AvgIpc) is 2.65. The van der Waals surface area contributed by atoms with Gasteiger partial charge >= 0.3 is 0 Å². The molecule has 0 fully saturated rings. The van der Waals surface area contributed by atoms with Gasteiger partial charge in [-0.15, -0.1) is 0 Å². The van der Waals surface area contributed by atoms with Crippen LogP contribution in [0.2, 0.25) is 0 Å². The van der Waals surface area contributed by atoms with E-state index in [1.54, 1.807) is 37.6 Å². The zero-order valence-electron chi connectivity index (χ0n) is 13.5. The number of Topliss-reactive ketones (excluding diaryl/α,β-unsaturated/α-hetero) is 1. The van der Waals surface area contributed by atoms with Crippen molar-refractivity contribution in [1.29, 1.82) is 5.26 Å². The molecule has 0 spiro atoms. The van der Waals surface area contributed by atoms with E-state index in [-0.39, 0.29) is 11.4 Å². The molecule has 2 aromatic rings. The summed E-state index contributed by atoms with van der Waals surface area (Å²) in [5.74, 6) is 0.417. The summed E-state index contributed by atoms with van der Waals surface area (Å²) in [5, 5.41) is 9.39. The Morgan fingerprint density at radius 1 is 1.17 bits per heavy atom. The van der Waals surface area contributed by atoms with E-state index in [9.17, 15) is 10.1 Å². The van der Waals surface area contributed by atoms with Gasteiger partial charge in [-0.2, -0.15) is 5.26 Å². The van der Waals surface area contributed by atoms with Gasteiger partial charge in [-0.3, -0.25) is 4.79 Å². The van der Waals surface area contributed by atoms with Crippen LogP contribution in [0.25, 0.3) is 0 Å².